The van der Waals surface area contributed by atoms with E-state index in [9.17, 15) is 18.0 Å². The fourth-order valence-corrected chi connectivity index (χ4v) is 6.07. The molecule has 3 rings (SSSR count). The third kappa shape index (κ3) is 8.16. The average molecular weight is 639 g/mol. The van der Waals surface area contributed by atoms with Crippen LogP contribution >= 0.6 is 34.8 Å². The predicted octanol–water partition coefficient (Wildman–Crippen LogP) is 6.79. The van der Waals surface area contributed by atoms with Crippen LogP contribution in [0.15, 0.2) is 65.6 Å². The monoisotopic (exact) mass is 637 g/mol. The molecule has 0 aliphatic heterocycles. The highest BCUT2D eigenvalue weighted by Crippen LogP contribution is 2.31. The average Bonchev–Trinajstić information content (AvgIpc) is 2.88. The normalized spacial score (nSPS) is 12.5. The third-order valence-corrected chi connectivity index (χ3v) is 9.32. The van der Waals surface area contributed by atoms with Crippen LogP contribution < -0.4 is 9.62 Å². The van der Waals surface area contributed by atoms with E-state index in [0.29, 0.717) is 26.2 Å². The first kappa shape index (κ1) is 32.7. The van der Waals surface area contributed by atoms with Crippen molar-refractivity contribution in [3.8, 4) is 0 Å². The van der Waals surface area contributed by atoms with E-state index >= 15 is 0 Å². The molecule has 7 nitrogen and oxygen atoms in total. The van der Waals surface area contributed by atoms with Gasteiger partial charge >= 0.3 is 0 Å². The maximum Gasteiger partial charge on any atom is 0.264 e. The van der Waals surface area contributed by atoms with Crippen LogP contribution in [0.25, 0.3) is 0 Å². The van der Waals surface area contributed by atoms with Crippen LogP contribution in [0.1, 0.15) is 44.4 Å². The number of rotatable bonds is 9. The predicted molar refractivity (Wildman–Crippen MR) is 166 cm³/mol. The minimum atomic E-state index is -4.21. The molecule has 1 N–H and O–H groups in total. The molecule has 3 aromatic rings. The lowest BCUT2D eigenvalue weighted by Crippen LogP contribution is -2.54. The summed E-state index contributed by atoms with van der Waals surface area (Å²) in [5.74, 6) is -0.986. The van der Waals surface area contributed by atoms with E-state index in [4.69, 9.17) is 34.8 Å². The largest absolute Gasteiger partial charge is 0.350 e. The second kappa shape index (κ2) is 13.0. The minimum absolute atomic E-state index is 0.0125. The summed E-state index contributed by atoms with van der Waals surface area (Å²) in [5, 5.41) is 3.88. The Morgan fingerprint density at radius 2 is 1.54 bits per heavy atom. The summed E-state index contributed by atoms with van der Waals surface area (Å²) in [4.78, 5) is 28.6. The molecule has 0 fully saturated rings. The molecule has 0 spiro atoms. The van der Waals surface area contributed by atoms with E-state index in [1.54, 1.807) is 62.4 Å². The summed E-state index contributed by atoms with van der Waals surface area (Å²) >= 11 is 18.7. The molecule has 0 aliphatic carbocycles. The zero-order chi connectivity index (χ0) is 30.7. The van der Waals surface area contributed by atoms with Gasteiger partial charge in [0, 0.05) is 17.1 Å². The van der Waals surface area contributed by atoms with E-state index < -0.39 is 40.0 Å². The standard InChI is InChI=1S/C30H34Cl3N3O4S/c1-19-10-13-23(14-11-19)41(39,40)36(27-9-7-8-24(31)20(27)2)18-28(37)35(21(3)29(38)34-30(4,5)6)17-22-12-15-25(32)26(33)16-22/h7-16,21H,17-18H2,1-6H3,(H,34,38)/t21-/m0/s1. The minimum Gasteiger partial charge on any atom is -0.350 e. The van der Waals surface area contributed by atoms with Crippen molar-refractivity contribution in [1.82, 2.24) is 10.2 Å². The molecule has 0 saturated heterocycles. The van der Waals surface area contributed by atoms with Crippen molar-refractivity contribution in [3.63, 3.8) is 0 Å². The number of carbonyl (C=O) groups excluding carboxylic acids is 2. The summed E-state index contributed by atoms with van der Waals surface area (Å²) < 4.78 is 29.0. The summed E-state index contributed by atoms with van der Waals surface area (Å²) in [7, 11) is -4.21. The molecule has 11 heteroatoms. The molecule has 0 aromatic heterocycles. The molecule has 1 atom stereocenters. The first-order valence-electron chi connectivity index (χ1n) is 12.9. The van der Waals surface area contributed by atoms with Crippen LogP contribution in [0.2, 0.25) is 15.1 Å². The van der Waals surface area contributed by atoms with Gasteiger partial charge in [0.05, 0.1) is 20.6 Å². The van der Waals surface area contributed by atoms with Gasteiger partial charge in [-0.15, -0.1) is 0 Å². The Labute approximate surface area is 257 Å². The maximum atomic E-state index is 14.1. The molecule has 2 amide bonds. The van der Waals surface area contributed by atoms with E-state index in [1.807, 2.05) is 27.7 Å². The first-order chi connectivity index (χ1) is 19.0. The number of amides is 2. The second-order valence-corrected chi connectivity index (χ2v) is 14.0. The van der Waals surface area contributed by atoms with Gasteiger partial charge in [0.25, 0.3) is 10.0 Å². The third-order valence-electron chi connectivity index (χ3n) is 6.40. The van der Waals surface area contributed by atoms with Gasteiger partial charge in [-0.25, -0.2) is 8.42 Å². The second-order valence-electron chi connectivity index (χ2n) is 10.9. The van der Waals surface area contributed by atoms with E-state index in [1.165, 1.54) is 17.0 Å². The van der Waals surface area contributed by atoms with Crippen molar-refractivity contribution in [2.24, 2.45) is 0 Å². The van der Waals surface area contributed by atoms with Gasteiger partial charge in [-0.2, -0.15) is 0 Å². The van der Waals surface area contributed by atoms with Gasteiger partial charge in [0.15, 0.2) is 0 Å². The lowest BCUT2D eigenvalue weighted by molar-refractivity contribution is -0.140. The number of nitrogens with one attached hydrogen (secondary N) is 1. The highest BCUT2D eigenvalue weighted by Gasteiger charge is 2.34. The Bertz CT molecular complexity index is 1540. The summed E-state index contributed by atoms with van der Waals surface area (Å²) in [5.41, 5.74) is 1.70. The van der Waals surface area contributed by atoms with Crippen LogP contribution in [0.5, 0.6) is 0 Å². The van der Waals surface area contributed by atoms with Crippen LogP contribution in [0.3, 0.4) is 0 Å². The number of nitrogens with zero attached hydrogens (tertiary/aromatic N) is 2. The fourth-order valence-electron chi connectivity index (χ4n) is 4.11. The van der Waals surface area contributed by atoms with Crippen LogP contribution in [-0.4, -0.2) is 43.3 Å². The SMILES string of the molecule is Cc1ccc(S(=O)(=O)N(CC(=O)N(Cc2ccc(Cl)c(Cl)c2)[C@@H](C)C(=O)NC(C)(C)C)c2cccc(Cl)c2C)cc1. The molecular weight excluding hydrogens is 605 g/mol. The summed E-state index contributed by atoms with van der Waals surface area (Å²) in [6.07, 6.45) is 0. The Balaban J connectivity index is 2.10. The lowest BCUT2D eigenvalue weighted by Gasteiger charge is -2.34. The number of hydrogen-bond acceptors (Lipinski definition) is 4. The smallest absolute Gasteiger partial charge is 0.264 e. The molecule has 0 heterocycles. The van der Waals surface area contributed by atoms with Crippen LogP contribution in [0.4, 0.5) is 5.69 Å². The molecule has 220 valence electrons. The van der Waals surface area contributed by atoms with Crippen LogP contribution in [-0.2, 0) is 26.2 Å². The Morgan fingerprint density at radius 3 is 2.12 bits per heavy atom. The van der Waals surface area contributed by atoms with E-state index in [0.717, 1.165) is 9.87 Å². The number of carbonyl (C=O) groups is 2. The zero-order valence-corrected chi connectivity index (χ0v) is 26.9. The van der Waals surface area contributed by atoms with Crippen LogP contribution in [0, 0.1) is 13.8 Å². The van der Waals surface area contributed by atoms with Crippen molar-refractivity contribution < 1.29 is 18.0 Å². The maximum absolute atomic E-state index is 14.1. The van der Waals surface area contributed by atoms with Crippen molar-refractivity contribution in [1.29, 1.82) is 0 Å². The van der Waals surface area contributed by atoms with Crippen molar-refractivity contribution >= 4 is 62.3 Å². The highest BCUT2D eigenvalue weighted by molar-refractivity contribution is 7.92. The van der Waals surface area contributed by atoms with Gasteiger partial charge in [-0.1, -0.05) is 64.6 Å². The first-order valence-corrected chi connectivity index (χ1v) is 15.5. The van der Waals surface area contributed by atoms with Gasteiger partial charge in [-0.3, -0.25) is 13.9 Å². The summed E-state index contributed by atoms with van der Waals surface area (Å²) in [6, 6.07) is 15.2. The number of anilines is 1. The molecule has 0 bridgehead atoms. The molecular formula is C30H34Cl3N3O4S. The van der Waals surface area contributed by atoms with Gasteiger partial charge in [0.1, 0.15) is 12.6 Å². The number of halogens is 3. The lowest BCUT2D eigenvalue weighted by atomic mass is 10.1. The van der Waals surface area contributed by atoms with Gasteiger partial charge in [-0.05, 0) is 89.1 Å². The zero-order valence-electron chi connectivity index (χ0n) is 23.8. The van der Waals surface area contributed by atoms with Crippen molar-refractivity contribution in [3.05, 3.63) is 92.4 Å². The number of hydrogen-bond donors (Lipinski definition) is 1. The van der Waals surface area contributed by atoms with E-state index in [2.05, 4.69) is 5.32 Å². The Hall–Kier alpha value is -2.78. The quantitative estimate of drug-likeness (QED) is 0.280. The number of sulfonamides is 1. The topological polar surface area (TPSA) is 86.8 Å². The molecule has 3 aromatic carbocycles. The molecule has 41 heavy (non-hydrogen) atoms. The molecule has 0 unspecified atom stereocenters. The van der Waals surface area contributed by atoms with E-state index in [-0.39, 0.29) is 17.1 Å². The van der Waals surface area contributed by atoms with Crippen molar-refractivity contribution in [2.75, 3.05) is 10.8 Å². The summed E-state index contributed by atoms with van der Waals surface area (Å²) in [6.45, 7) is 10.0. The molecule has 0 aliphatic rings. The fraction of sp³-hybridized carbons (Fsp3) is 0.333. The number of benzene rings is 3. The molecule has 0 radical (unpaired) electrons. The van der Waals surface area contributed by atoms with Crippen molar-refractivity contribution in [2.45, 2.75) is 64.6 Å². The Kier molecular flexibility index (Phi) is 10.4. The molecule has 0 saturated carbocycles. The Morgan fingerprint density at radius 1 is 0.902 bits per heavy atom. The highest BCUT2D eigenvalue weighted by atomic mass is 35.5. The van der Waals surface area contributed by atoms with Gasteiger partial charge < -0.3 is 10.2 Å². The van der Waals surface area contributed by atoms with Gasteiger partial charge in [0.2, 0.25) is 11.8 Å². The number of aryl methyl sites for hydroxylation is 1.